The minimum atomic E-state index is 0.729. The summed E-state index contributed by atoms with van der Waals surface area (Å²) >= 11 is 8.02. The van der Waals surface area contributed by atoms with Crippen molar-refractivity contribution in [2.24, 2.45) is 4.99 Å². The van der Waals surface area contributed by atoms with Gasteiger partial charge >= 0.3 is 0 Å². The summed E-state index contributed by atoms with van der Waals surface area (Å²) in [6.07, 6.45) is 1.83. The molecule has 1 heterocycles. The molecule has 0 radical (unpaired) electrons. The van der Waals surface area contributed by atoms with E-state index in [1.165, 1.54) is 4.88 Å². The van der Waals surface area contributed by atoms with Crippen molar-refractivity contribution in [3.63, 3.8) is 0 Å². The van der Waals surface area contributed by atoms with Gasteiger partial charge in [-0.2, -0.15) is 0 Å². The van der Waals surface area contributed by atoms with E-state index in [4.69, 9.17) is 16.3 Å². The summed E-state index contributed by atoms with van der Waals surface area (Å²) in [5.41, 5.74) is 1.09. The third-order valence-corrected chi connectivity index (χ3v) is 4.70. The second-order valence-electron chi connectivity index (χ2n) is 4.96. The largest absolute Gasteiger partial charge is 0.497 e. The zero-order valence-electron chi connectivity index (χ0n) is 13.4. The molecule has 0 saturated heterocycles. The van der Waals surface area contributed by atoms with Crippen LogP contribution >= 0.6 is 22.9 Å². The molecule has 2 aromatic rings. The summed E-state index contributed by atoms with van der Waals surface area (Å²) in [5.74, 6) is 1.59. The van der Waals surface area contributed by atoms with Crippen LogP contribution < -0.4 is 15.4 Å². The lowest BCUT2D eigenvalue weighted by Gasteiger charge is -2.12. The molecule has 0 unspecified atom stereocenters. The summed E-state index contributed by atoms with van der Waals surface area (Å²) < 4.78 is 5.16. The summed E-state index contributed by atoms with van der Waals surface area (Å²) in [5, 5.41) is 9.45. The molecule has 0 aliphatic carbocycles. The standard InChI is InChI=1S/C17H22ClN3OS/c1-19-17(21-10-8-15-4-3-11-23-15)20-9-7-13-5-6-14(22-2)12-16(13)18/h3-6,11-12H,7-10H2,1-2H3,(H2,19,20,21). The van der Waals surface area contributed by atoms with Gasteiger partial charge in [-0.05, 0) is 42.0 Å². The van der Waals surface area contributed by atoms with E-state index in [0.29, 0.717) is 0 Å². The van der Waals surface area contributed by atoms with E-state index < -0.39 is 0 Å². The van der Waals surface area contributed by atoms with Crippen molar-refractivity contribution in [2.75, 3.05) is 27.2 Å². The van der Waals surface area contributed by atoms with Gasteiger partial charge in [0.15, 0.2) is 5.96 Å². The number of halogens is 1. The van der Waals surface area contributed by atoms with E-state index in [2.05, 4.69) is 33.1 Å². The number of hydrogen-bond acceptors (Lipinski definition) is 3. The minimum absolute atomic E-state index is 0.729. The molecule has 0 spiro atoms. The molecule has 0 bridgehead atoms. The van der Waals surface area contributed by atoms with Crippen LogP contribution in [0.3, 0.4) is 0 Å². The van der Waals surface area contributed by atoms with Crippen LogP contribution in [-0.4, -0.2) is 33.2 Å². The van der Waals surface area contributed by atoms with Gasteiger partial charge < -0.3 is 15.4 Å². The molecule has 1 aromatic heterocycles. The quantitative estimate of drug-likeness (QED) is 0.594. The number of benzene rings is 1. The molecule has 0 saturated carbocycles. The van der Waals surface area contributed by atoms with Gasteiger partial charge in [0.05, 0.1) is 7.11 Å². The minimum Gasteiger partial charge on any atom is -0.497 e. The molecule has 0 amide bonds. The zero-order valence-corrected chi connectivity index (χ0v) is 15.0. The highest BCUT2D eigenvalue weighted by Gasteiger charge is 2.03. The van der Waals surface area contributed by atoms with Gasteiger partial charge in [-0.15, -0.1) is 11.3 Å². The van der Waals surface area contributed by atoms with Crippen LogP contribution in [0.25, 0.3) is 0 Å². The van der Waals surface area contributed by atoms with Crippen molar-refractivity contribution in [3.8, 4) is 5.75 Å². The molecule has 2 rings (SSSR count). The summed E-state index contributed by atoms with van der Waals surface area (Å²) in [4.78, 5) is 5.61. The van der Waals surface area contributed by atoms with Crippen LogP contribution in [0.4, 0.5) is 0 Å². The Kier molecular flexibility index (Phi) is 7.23. The van der Waals surface area contributed by atoms with Crippen LogP contribution in [0, 0.1) is 0 Å². The second-order valence-corrected chi connectivity index (χ2v) is 6.40. The number of guanidine groups is 1. The summed E-state index contributed by atoms with van der Waals surface area (Å²) in [6.45, 7) is 1.63. The first-order chi connectivity index (χ1) is 11.2. The highest BCUT2D eigenvalue weighted by Crippen LogP contribution is 2.22. The number of nitrogens with one attached hydrogen (secondary N) is 2. The van der Waals surface area contributed by atoms with Crippen molar-refractivity contribution in [1.82, 2.24) is 10.6 Å². The van der Waals surface area contributed by atoms with Gasteiger partial charge in [0.1, 0.15) is 5.75 Å². The maximum absolute atomic E-state index is 6.25. The number of rotatable bonds is 7. The Morgan fingerprint density at radius 3 is 2.61 bits per heavy atom. The van der Waals surface area contributed by atoms with Crippen molar-refractivity contribution in [1.29, 1.82) is 0 Å². The van der Waals surface area contributed by atoms with Gasteiger partial charge in [0, 0.05) is 30.0 Å². The zero-order chi connectivity index (χ0) is 16.5. The van der Waals surface area contributed by atoms with E-state index in [1.54, 1.807) is 25.5 Å². The van der Waals surface area contributed by atoms with E-state index in [-0.39, 0.29) is 0 Å². The third-order valence-electron chi connectivity index (χ3n) is 3.41. The highest BCUT2D eigenvalue weighted by atomic mass is 35.5. The molecule has 0 aliphatic heterocycles. The second kappa shape index (κ2) is 9.43. The Bertz CT molecular complexity index is 629. The molecule has 124 valence electrons. The molecule has 4 nitrogen and oxygen atoms in total. The molecule has 0 aliphatic rings. The van der Waals surface area contributed by atoms with Gasteiger partial charge in [-0.25, -0.2) is 0 Å². The van der Waals surface area contributed by atoms with Crippen molar-refractivity contribution in [2.45, 2.75) is 12.8 Å². The Labute approximate surface area is 146 Å². The lowest BCUT2D eigenvalue weighted by Crippen LogP contribution is -2.39. The monoisotopic (exact) mass is 351 g/mol. The van der Waals surface area contributed by atoms with Gasteiger partial charge in [0.2, 0.25) is 0 Å². The van der Waals surface area contributed by atoms with Gasteiger partial charge in [-0.1, -0.05) is 23.7 Å². The van der Waals surface area contributed by atoms with Crippen LogP contribution in [-0.2, 0) is 12.8 Å². The van der Waals surface area contributed by atoms with Crippen LogP contribution in [0.15, 0.2) is 40.7 Å². The maximum atomic E-state index is 6.25. The number of thiophene rings is 1. The Hall–Kier alpha value is -1.72. The van der Waals surface area contributed by atoms with Crippen molar-refractivity contribution < 1.29 is 4.74 Å². The predicted octanol–water partition coefficient (Wildman–Crippen LogP) is 3.36. The fourth-order valence-electron chi connectivity index (χ4n) is 2.15. The Morgan fingerprint density at radius 1 is 1.22 bits per heavy atom. The van der Waals surface area contributed by atoms with E-state index in [9.17, 15) is 0 Å². The van der Waals surface area contributed by atoms with Crippen LogP contribution in [0.2, 0.25) is 5.02 Å². The van der Waals surface area contributed by atoms with E-state index in [0.717, 1.165) is 48.2 Å². The molecular formula is C17H22ClN3OS. The average molecular weight is 352 g/mol. The lowest BCUT2D eigenvalue weighted by molar-refractivity contribution is 0.414. The first-order valence-electron chi connectivity index (χ1n) is 7.52. The van der Waals surface area contributed by atoms with Crippen LogP contribution in [0.1, 0.15) is 10.4 Å². The number of ether oxygens (including phenoxy) is 1. The number of methoxy groups -OCH3 is 1. The molecule has 1 aromatic carbocycles. The first kappa shape index (κ1) is 17.6. The molecule has 0 fully saturated rings. The average Bonchev–Trinajstić information content (AvgIpc) is 3.08. The maximum Gasteiger partial charge on any atom is 0.190 e. The number of nitrogens with zero attached hydrogens (tertiary/aromatic N) is 1. The van der Waals surface area contributed by atoms with E-state index >= 15 is 0 Å². The number of hydrogen-bond donors (Lipinski definition) is 2. The Morgan fingerprint density at radius 2 is 2.00 bits per heavy atom. The SMILES string of the molecule is CN=C(NCCc1cccs1)NCCc1ccc(OC)cc1Cl. The lowest BCUT2D eigenvalue weighted by atomic mass is 10.1. The first-order valence-corrected chi connectivity index (χ1v) is 8.78. The fraction of sp³-hybridized carbons (Fsp3) is 0.353. The smallest absolute Gasteiger partial charge is 0.190 e. The highest BCUT2D eigenvalue weighted by molar-refractivity contribution is 7.09. The number of aliphatic imine (C=N–C) groups is 1. The summed E-state index contributed by atoms with van der Waals surface area (Å²) in [7, 11) is 3.42. The predicted molar refractivity (Wildman–Crippen MR) is 99.1 cm³/mol. The normalized spacial score (nSPS) is 11.3. The molecule has 0 atom stereocenters. The molecule has 23 heavy (non-hydrogen) atoms. The third kappa shape index (κ3) is 5.77. The van der Waals surface area contributed by atoms with Crippen molar-refractivity contribution in [3.05, 3.63) is 51.2 Å². The van der Waals surface area contributed by atoms with Crippen molar-refractivity contribution >= 4 is 28.9 Å². The van der Waals surface area contributed by atoms with Gasteiger partial charge in [0.25, 0.3) is 0 Å². The molecular weight excluding hydrogens is 330 g/mol. The summed E-state index contributed by atoms with van der Waals surface area (Å²) in [6, 6.07) is 9.98. The van der Waals surface area contributed by atoms with Crippen LogP contribution in [0.5, 0.6) is 5.75 Å². The topological polar surface area (TPSA) is 45.7 Å². The fourth-order valence-corrected chi connectivity index (χ4v) is 3.13. The van der Waals surface area contributed by atoms with E-state index in [1.807, 2.05) is 18.2 Å². The van der Waals surface area contributed by atoms with Gasteiger partial charge in [-0.3, -0.25) is 4.99 Å². The molecule has 2 N–H and O–H groups in total. The molecule has 6 heteroatoms. The Balaban J connectivity index is 1.73.